The maximum absolute atomic E-state index is 8.62. The van der Waals surface area contributed by atoms with Gasteiger partial charge in [-0.25, -0.2) is 0 Å². The van der Waals surface area contributed by atoms with Crippen molar-refractivity contribution in [2.24, 2.45) is 0 Å². The number of hydrogen-bond acceptors (Lipinski definition) is 4. The van der Waals surface area contributed by atoms with E-state index in [0.29, 0.717) is 13.2 Å². The molecule has 0 radical (unpaired) electrons. The Labute approximate surface area is 73.1 Å². The Bertz CT molecular complexity index is 81.1. The Morgan fingerprint density at radius 1 is 1.42 bits per heavy atom. The highest BCUT2D eigenvalue weighted by atomic mass is 16.5. The second-order valence-electron chi connectivity index (χ2n) is 2.12. The van der Waals surface area contributed by atoms with E-state index >= 15 is 0 Å². The zero-order chi connectivity index (χ0) is 9.82. The molecule has 4 nitrogen and oxygen atoms in total. The first kappa shape index (κ1) is 14.1. The smallest absolute Gasteiger partial charge is 0.0745 e. The van der Waals surface area contributed by atoms with Crippen LogP contribution in [0.5, 0.6) is 0 Å². The van der Waals surface area contributed by atoms with Gasteiger partial charge in [0.05, 0.1) is 32.5 Å². The largest absolute Gasteiger partial charge is 0.394 e. The summed E-state index contributed by atoms with van der Waals surface area (Å²) in [5, 5.41) is 23.9. The Hall–Kier alpha value is -0.420. The van der Waals surface area contributed by atoms with Gasteiger partial charge in [0.2, 0.25) is 0 Å². The van der Waals surface area contributed by atoms with Crippen LogP contribution in [0.3, 0.4) is 0 Å². The maximum Gasteiger partial charge on any atom is 0.0745 e. The molecule has 12 heavy (non-hydrogen) atoms. The normalized spacial score (nSPS) is 11.3. The van der Waals surface area contributed by atoms with Crippen LogP contribution in [-0.2, 0) is 4.74 Å². The highest BCUT2D eigenvalue weighted by molar-refractivity contribution is 4.63. The zero-order valence-corrected chi connectivity index (χ0v) is 7.44. The van der Waals surface area contributed by atoms with Gasteiger partial charge >= 0.3 is 0 Å². The number of rotatable bonds is 5. The molecule has 0 aromatic rings. The SMILES string of the molecule is C=CCOCC(C)O.OCCO. The molecule has 0 amide bonds. The zero-order valence-electron chi connectivity index (χ0n) is 7.44. The van der Waals surface area contributed by atoms with E-state index in [1.165, 1.54) is 0 Å². The lowest BCUT2D eigenvalue weighted by atomic mass is 10.4. The number of hydrogen-bond donors (Lipinski definition) is 3. The van der Waals surface area contributed by atoms with E-state index in [9.17, 15) is 0 Å². The molecule has 0 aliphatic heterocycles. The standard InChI is InChI=1S/C6H12O2.C2H6O2/c1-3-4-8-5-6(2)7;3-1-2-4/h3,6-7H,1,4-5H2,2H3;3-4H,1-2H2. The van der Waals surface area contributed by atoms with Gasteiger partial charge in [0.15, 0.2) is 0 Å². The van der Waals surface area contributed by atoms with Crippen molar-refractivity contribution in [1.82, 2.24) is 0 Å². The van der Waals surface area contributed by atoms with Gasteiger partial charge in [-0.05, 0) is 6.92 Å². The summed E-state index contributed by atoms with van der Waals surface area (Å²) in [6.07, 6.45) is 1.29. The molecule has 0 aromatic carbocycles. The molecule has 74 valence electrons. The van der Waals surface area contributed by atoms with Crippen LogP contribution in [0.25, 0.3) is 0 Å². The van der Waals surface area contributed by atoms with Crippen LogP contribution in [-0.4, -0.2) is 47.9 Å². The predicted octanol–water partition coefficient (Wildman–Crippen LogP) is -0.459. The lowest BCUT2D eigenvalue weighted by molar-refractivity contribution is 0.0599. The number of aliphatic hydroxyl groups excluding tert-OH is 3. The minimum atomic E-state index is -0.366. The molecule has 0 aliphatic rings. The first-order chi connectivity index (χ1) is 5.68. The fourth-order valence-corrected chi connectivity index (χ4v) is 0.322. The van der Waals surface area contributed by atoms with Crippen LogP contribution in [0.4, 0.5) is 0 Å². The lowest BCUT2D eigenvalue weighted by Crippen LogP contribution is -2.09. The van der Waals surface area contributed by atoms with Gasteiger partial charge in [0, 0.05) is 0 Å². The molecule has 0 rings (SSSR count). The molecule has 3 N–H and O–H groups in total. The summed E-state index contributed by atoms with van der Waals surface area (Å²) in [4.78, 5) is 0. The van der Waals surface area contributed by atoms with E-state index in [-0.39, 0.29) is 19.3 Å². The Morgan fingerprint density at radius 3 is 2.17 bits per heavy atom. The van der Waals surface area contributed by atoms with Gasteiger partial charge in [-0.2, -0.15) is 0 Å². The van der Waals surface area contributed by atoms with E-state index in [1.807, 2.05) is 0 Å². The second-order valence-corrected chi connectivity index (χ2v) is 2.12. The molecular formula is C8H18O4. The Balaban J connectivity index is 0. The molecule has 4 heteroatoms. The van der Waals surface area contributed by atoms with Crippen LogP contribution in [0.1, 0.15) is 6.92 Å². The van der Waals surface area contributed by atoms with Crippen LogP contribution in [0.2, 0.25) is 0 Å². The summed E-state index contributed by atoms with van der Waals surface area (Å²) in [5.41, 5.74) is 0. The van der Waals surface area contributed by atoms with Crippen LogP contribution < -0.4 is 0 Å². The van der Waals surface area contributed by atoms with Crippen LogP contribution in [0, 0.1) is 0 Å². The fourth-order valence-electron chi connectivity index (χ4n) is 0.322. The molecule has 0 aliphatic carbocycles. The van der Waals surface area contributed by atoms with Gasteiger partial charge < -0.3 is 20.1 Å². The quantitative estimate of drug-likeness (QED) is 0.393. The van der Waals surface area contributed by atoms with Crippen LogP contribution >= 0.6 is 0 Å². The molecule has 0 heterocycles. The maximum atomic E-state index is 8.62. The lowest BCUT2D eigenvalue weighted by Gasteiger charge is -2.01. The van der Waals surface area contributed by atoms with Gasteiger partial charge in [-0.1, -0.05) is 6.08 Å². The first-order valence-corrected chi connectivity index (χ1v) is 3.77. The summed E-state index contributed by atoms with van der Waals surface area (Å²) in [5.74, 6) is 0. The van der Waals surface area contributed by atoms with Gasteiger partial charge in [0.1, 0.15) is 0 Å². The monoisotopic (exact) mass is 178 g/mol. The van der Waals surface area contributed by atoms with Crippen molar-refractivity contribution < 1.29 is 20.1 Å². The van der Waals surface area contributed by atoms with E-state index in [0.717, 1.165) is 0 Å². The minimum Gasteiger partial charge on any atom is -0.394 e. The van der Waals surface area contributed by atoms with Crippen molar-refractivity contribution in [2.75, 3.05) is 26.4 Å². The van der Waals surface area contributed by atoms with E-state index in [4.69, 9.17) is 20.1 Å². The topological polar surface area (TPSA) is 69.9 Å². The third-order valence-corrected chi connectivity index (χ3v) is 0.695. The molecular weight excluding hydrogens is 160 g/mol. The Kier molecular flexibility index (Phi) is 15.5. The predicted molar refractivity (Wildman–Crippen MR) is 46.9 cm³/mol. The van der Waals surface area contributed by atoms with Gasteiger partial charge in [-0.3, -0.25) is 0 Å². The van der Waals surface area contributed by atoms with Crippen molar-refractivity contribution in [3.05, 3.63) is 12.7 Å². The average molecular weight is 178 g/mol. The summed E-state index contributed by atoms with van der Waals surface area (Å²) < 4.78 is 4.88. The molecule has 0 spiro atoms. The van der Waals surface area contributed by atoms with E-state index in [2.05, 4.69) is 6.58 Å². The summed E-state index contributed by atoms with van der Waals surface area (Å²) in [6.45, 7) is 5.80. The van der Waals surface area contributed by atoms with Crippen molar-refractivity contribution in [3.8, 4) is 0 Å². The van der Waals surface area contributed by atoms with Crippen molar-refractivity contribution in [3.63, 3.8) is 0 Å². The van der Waals surface area contributed by atoms with Crippen molar-refractivity contribution in [2.45, 2.75) is 13.0 Å². The molecule has 0 bridgehead atoms. The highest BCUT2D eigenvalue weighted by Crippen LogP contribution is 1.81. The number of aliphatic hydroxyl groups is 3. The van der Waals surface area contributed by atoms with E-state index < -0.39 is 0 Å². The summed E-state index contributed by atoms with van der Waals surface area (Å²) in [7, 11) is 0. The molecule has 1 atom stereocenters. The minimum absolute atomic E-state index is 0.125. The van der Waals surface area contributed by atoms with E-state index in [1.54, 1.807) is 13.0 Å². The molecule has 0 aromatic heterocycles. The molecule has 0 fully saturated rings. The number of ether oxygens (including phenoxy) is 1. The van der Waals surface area contributed by atoms with Crippen molar-refractivity contribution in [1.29, 1.82) is 0 Å². The van der Waals surface area contributed by atoms with Crippen molar-refractivity contribution >= 4 is 0 Å². The van der Waals surface area contributed by atoms with Gasteiger partial charge in [-0.15, -0.1) is 6.58 Å². The second kappa shape index (κ2) is 13.2. The summed E-state index contributed by atoms with van der Waals surface area (Å²) >= 11 is 0. The fraction of sp³-hybridized carbons (Fsp3) is 0.750. The Morgan fingerprint density at radius 2 is 1.92 bits per heavy atom. The summed E-state index contributed by atoms with van der Waals surface area (Å²) in [6, 6.07) is 0. The van der Waals surface area contributed by atoms with Crippen LogP contribution in [0.15, 0.2) is 12.7 Å². The molecule has 0 saturated carbocycles. The molecule has 1 unspecified atom stereocenters. The third-order valence-electron chi connectivity index (χ3n) is 0.695. The average Bonchev–Trinajstić information content (AvgIpc) is 2.05. The first-order valence-electron chi connectivity index (χ1n) is 3.77. The molecule has 0 saturated heterocycles. The third kappa shape index (κ3) is 22.7. The highest BCUT2D eigenvalue weighted by Gasteiger charge is 1.90. The van der Waals surface area contributed by atoms with Gasteiger partial charge in [0.25, 0.3) is 0 Å².